The monoisotopic (exact) mass is 355 g/mol. The number of anilines is 1. The SMILES string of the molecule is N#Cc1ccc(N2CCN(C(=O)CCN3CCCCCCC3)CC2)nc1. The van der Waals surface area contributed by atoms with Crippen molar-refractivity contribution in [1.82, 2.24) is 14.8 Å². The van der Waals surface area contributed by atoms with Gasteiger partial charge in [-0.05, 0) is 38.1 Å². The summed E-state index contributed by atoms with van der Waals surface area (Å²) in [7, 11) is 0. The molecule has 0 unspecified atom stereocenters. The molecule has 0 N–H and O–H groups in total. The van der Waals surface area contributed by atoms with Gasteiger partial charge in [0.1, 0.15) is 11.9 Å². The summed E-state index contributed by atoms with van der Waals surface area (Å²) < 4.78 is 0. The zero-order valence-corrected chi connectivity index (χ0v) is 15.6. The van der Waals surface area contributed by atoms with Gasteiger partial charge in [-0.15, -0.1) is 0 Å². The van der Waals surface area contributed by atoms with Crippen molar-refractivity contribution in [3.8, 4) is 6.07 Å². The van der Waals surface area contributed by atoms with Crippen molar-refractivity contribution in [2.75, 3.05) is 50.7 Å². The van der Waals surface area contributed by atoms with Crippen molar-refractivity contribution in [2.24, 2.45) is 0 Å². The molecule has 1 amide bonds. The van der Waals surface area contributed by atoms with Crippen LogP contribution < -0.4 is 4.90 Å². The van der Waals surface area contributed by atoms with Crippen molar-refractivity contribution in [3.63, 3.8) is 0 Å². The summed E-state index contributed by atoms with van der Waals surface area (Å²) in [4.78, 5) is 23.5. The number of hydrogen-bond donors (Lipinski definition) is 0. The van der Waals surface area contributed by atoms with Gasteiger partial charge in [0, 0.05) is 45.3 Å². The van der Waals surface area contributed by atoms with Crippen LogP contribution in [0.15, 0.2) is 18.3 Å². The second kappa shape index (κ2) is 9.54. The van der Waals surface area contributed by atoms with Gasteiger partial charge in [-0.25, -0.2) is 4.98 Å². The van der Waals surface area contributed by atoms with E-state index >= 15 is 0 Å². The van der Waals surface area contributed by atoms with Gasteiger partial charge in [0.05, 0.1) is 5.56 Å². The number of aromatic nitrogens is 1. The van der Waals surface area contributed by atoms with Crippen LogP contribution in [-0.2, 0) is 4.79 Å². The summed E-state index contributed by atoms with van der Waals surface area (Å²) in [5.41, 5.74) is 0.576. The first-order chi connectivity index (χ1) is 12.8. The Kier molecular flexibility index (Phi) is 6.84. The van der Waals surface area contributed by atoms with E-state index in [9.17, 15) is 4.79 Å². The van der Waals surface area contributed by atoms with Crippen LogP contribution in [0, 0.1) is 11.3 Å². The first kappa shape index (κ1) is 18.7. The number of nitriles is 1. The average Bonchev–Trinajstić information content (AvgIpc) is 2.67. The molecule has 0 aliphatic carbocycles. The van der Waals surface area contributed by atoms with Crippen LogP contribution in [-0.4, -0.2) is 66.5 Å². The van der Waals surface area contributed by atoms with Crippen molar-refractivity contribution in [1.29, 1.82) is 5.26 Å². The first-order valence-corrected chi connectivity index (χ1v) is 9.87. The molecule has 2 fully saturated rings. The Morgan fingerprint density at radius 2 is 1.69 bits per heavy atom. The molecule has 3 rings (SSSR count). The number of carbonyl (C=O) groups excluding carboxylic acids is 1. The van der Waals surface area contributed by atoms with Gasteiger partial charge in [0.2, 0.25) is 5.91 Å². The van der Waals surface area contributed by atoms with Crippen molar-refractivity contribution in [2.45, 2.75) is 38.5 Å². The largest absolute Gasteiger partial charge is 0.353 e. The number of piperazine rings is 1. The molecule has 6 nitrogen and oxygen atoms in total. The van der Waals surface area contributed by atoms with Crippen molar-refractivity contribution >= 4 is 11.7 Å². The van der Waals surface area contributed by atoms with Crippen molar-refractivity contribution in [3.05, 3.63) is 23.9 Å². The molecule has 0 spiro atoms. The zero-order chi connectivity index (χ0) is 18.2. The van der Waals surface area contributed by atoms with Gasteiger partial charge in [0.15, 0.2) is 0 Å². The third-order valence-electron chi connectivity index (χ3n) is 5.42. The Morgan fingerprint density at radius 3 is 2.31 bits per heavy atom. The van der Waals surface area contributed by atoms with Crippen LogP contribution >= 0.6 is 0 Å². The molecule has 0 saturated carbocycles. The summed E-state index contributed by atoms with van der Waals surface area (Å²) in [5.74, 6) is 1.16. The molecule has 0 aromatic carbocycles. The molecular weight excluding hydrogens is 326 g/mol. The molecular formula is C20H29N5O. The van der Waals surface area contributed by atoms with Gasteiger partial charge in [-0.2, -0.15) is 5.26 Å². The van der Waals surface area contributed by atoms with Crippen LogP contribution in [0.25, 0.3) is 0 Å². The Balaban J connectivity index is 1.42. The van der Waals surface area contributed by atoms with Gasteiger partial charge >= 0.3 is 0 Å². The number of rotatable bonds is 4. The fourth-order valence-corrected chi connectivity index (χ4v) is 3.77. The van der Waals surface area contributed by atoms with Crippen LogP contribution in [0.2, 0.25) is 0 Å². The standard InChI is InChI=1S/C20H29N5O/c21-16-18-6-7-19(22-17-18)24-12-14-25(15-13-24)20(26)8-11-23-9-4-2-1-3-5-10-23/h6-7,17H,1-5,8-15H2. The molecule has 0 radical (unpaired) electrons. The maximum atomic E-state index is 12.6. The molecule has 0 atom stereocenters. The van der Waals surface area contributed by atoms with E-state index in [1.54, 1.807) is 12.3 Å². The number of amides is 1. The predicted molar refractivity (Wildman–Crippen MR) is 102 cm³/mol. The third-order valence-corrected chi connectivity index (χ3v) is 5.42. The lowest BCUT2D eigenvalue weighted by molar-refractivity contribution is -0.131. The molecule has 140 valence electrons. The molecule has 6 heteroatoms. The minimum Gasteiger partial charge on any atom is -0.353 e. The number of likely N-dealkylation sites (tertiary alicyclic amines) is 1. The van der Waals surface area contributed by atoms with Gasteiger partial charge in [-0.3, -0.25) is 4.79 Å². The number of pyridine rings is 1. The molecule has 1 aromatic heterocycles. The number of carbonyl (C=O) groups is 1. The molecule has 0 bridgehead atoms. The van der Waals surface area contributed by atoms with E-state index in [1.807, 2.05) is 11.0 Å². The molecule has 2 aliphatic heterocycles. The normalized spacial score (nSPS) is 19.5. The van der Waals surface area contributed by atoms with E-state index in [4.69, 9.17) is 5.26 Å². The zero-order valence-electron chi connectivity index (χ0n) is 15.6. The summed E-state index contributed by atoms with van der Waals surface area (Å²) in [6.07, 6.45) is 8.80. The quantitative estimate of drug-likeness (QED) is 0.829. The van der Waals surface area contributed by atoms with E-state index in [0.29, 0.717) is 12.0 Å². The van der Waals surface area contributed by atoms with E-state index < -0.39 is 0 Å². The molecule has 2 aliphatic rings. The maximum absolute atomic E-state index is 12.6. The summed E-state index contributed by atoms with van der Waals surface area (Å²) in [5, 5.41) is 8.86. The molecule has 26 heavy (non-hydrogen) atoms. The highest BCUT2D eigenvalue weighted by Gasteiger charge is 2.22. The topological polar surface area (TPSA) is 63.5 Å². The highest BCUT2D eigenvalue weighted by atomic mass is 16.2. The van der Waals surface area contributed by atoms with Gasteiger partial charge in [0.25, 0.3) is 0 Å². The minimum absolute atomic E-state index is 0.277. The Labute approximate surface area is 156 Å². The molecule has 3 heterocycles. The summed E-state index contributed by atoms with van der Waals surface area (Å²) >= 11 is 0. The van der Waals surface area contributed by atoms with Crippen molar-refractivity contribution < 1.29 is 4.79 Å². The van der Waals surface area contributed by atoms with E-state index in [2.05, 4.69) is 20.9 Å². The Morgan fingerprint density at radius 1 is 1.00 bits per heavy atom. The van der Waals surface area contributed by atoms with Gasteiger partial charge in [-0.1, -0.05) is 19.3 Å². The highest BCUT2D eigenvalue weighted by Crippen LogP contribution is 2.15. The summed E-state index contributed by atoms with van der Waals surface area (Å²) in [6.45, 7) is 6.29. The third kappa shape index (κ3) is 5.18. The fraction of sp³-hybridized carbons (Fsp3) is 0.650. The van der Waals surface area contributed by atoms with E-state index in [0.717, 1.165) is 51.6 Å². The maximum Gasteiger partial charge on any atom is 0.223 e. The molecule has 1 aromatic rings. The number of nitrogens with zero attached hydrogens (tertiary/aromatic N) is 5. The van der Waals surface area contributed by atoms with Gasteiger partial charge < -0.3 is 14.7 Å². The van der Waals surface area contributed by atoms with E-state index in [1.165, 1.54) is 32.1 Å². The average molecular weight is 355 g/mol. The molecule has 2 saturated heterocycles. The van der Waals surface area contributed by atoms with E-state index in [-0.39, 0.29) is 5.91 Å². The lowest BCUT2D eigenvalue weighted by atomic mass is 10.1. The van der Waals surface area contributed by atoms with Crippen LogP contribution in [0.3, 0.4) is 0 Å². The predicted octanol–water partition coefficient (Wildman–Crippen LogP) is 2.26. The lowest BCUT2D eigenvalue weighted by Crippen LogP contribution is -2.49. The van der Waals surface area contributed by atoms with Crippen LogP contribution in [0.4, 0.5) is 5.82 Å². The smallest absolute Gasteiger partial charge is 0.223 e. The fourth-order valence-electron chi connectivity index (χ4n) is 3.77. The second-order valence-electron chi connectivity index (χ2n) is 7.24. The highest BCUT2D eigenvalue weighted by molar-refractivity contribution is 5.76. The van der Waals surface area contributed by atoms with Crippen LogP contribution in [0.1, 0.15) is 44.1 Å². The first-order valence-electron chi connectivity index (χ1n) is 9.87. The summed E-state index contributed by atoms with van der Waals surface area (Å²) in [6, 6.07) is 5.77. The van der Waals surface area contributed by atoms with Crippen LogP contribution in [0.5, 0.6) is 0 Å². The lowest BCUT2D eigenvalue weighted by Gasteiger charge is -2.36. The number of hydrogen-bond acceptors (Lipinski definition) is 5. The Bertz CT molecular complexity index is 608. The Hall–Kier alpha value is -2.13. The minimum atomic E-state index is 0.277. The second-order valence-corrected chi connectivity index (χ2v) is 7.24.